The lowest BCUT2D eigenvalue weighted by molar-refractivity contribution is -0.117. The summed E-state index contributed by atoms with van der Waals surface area (Å²) in [6.45, 7) is 4.88. The Labute approximate surface area is 111 Å². The zero-order chi connectivity index (χ0) is 13.4. The first kappa shape index (κ1) is 14.9. The molecule has 0 saturated heterocycles. The second kappa shape index (κ2) is 8.04. The van der Waals surface area contributed by atoms with E-state index in [1.807, 2.05) is 6.07 Å². The molecule has 100 valence electrons. The standard InChI is InChI=1S/C16H25NO/c1-4-16(12-8-9-14(2)18)17(3)13-15-10-6-5-7-11-15/h5-7,10-11,16H,4,8-9,12-13H2,1-3H3. The first-order chi connectivity index (χ1) is 8.63. The van der Waals surface area contributed by atoms with E-state index in [4.69, 9.17) is 0 Å². The predicted molar refractivity (Wildman–Crippen MR) is 76.5 cm³/mol. The van der Waals surface area contributed by atoms with Crippen molar-refractivity contribution in [2.75, 3.05) is 7.05 Å². The third-order valence-corrected chi connectivity index (χ3v) is 3.44. The van der Waals surface area contributed by atoms with Crippen molar-refractivity contribution >= 4 is 5.78 Å². The molecule has 1 aromatic carbocycles. The monoisotopic (exact) mass is 247 g/mol. The van der Waals surface area contributed by atoms with E-state index in [9.17, 15) is 4.79 Å². The van der Waals surface area contributed by atoms with Gasteiger partial charge in [-0.15, -0.1) is 0 Å². The summed E-state index contributed by atoms with van der Waals surface area (Å²) < 4.78 is 0. The molecule has 1 unspecified atom stereocenters. The van der Waals surface area contributed by atoms with Gasteiger partial charge in [0.2, 0.25) is 0 Å². The molecular weight excluding hydrogens is 222 g/mol. The van der Waals surface area contributed by atoms with Gasteiger partial charge in [-0.25, -0.2) is 0 Å². The van der Waals surface area contributed by atoms with Crippen LogP contribution in [0, 0.1) is 0 Å². The van der Waals surface area contributed by atoms with Crippen molar-refractivity contribution in [1.82, 2.24) is 4.90 Å². The van der Waals surface area contributed by atoms with E-state index in [0.717, 1.165) is 32.2 Å². The average Bonchev–Trinajstić information content (AvgIpc) is 2.35. The Morgan fingerprint density at radius 3 is 2.50 bits per heavy atom. The Kier molecular flexibility index (Phi) is 6.66. The third kappa shape index (κ3) is 5.46. The van der Waals surface area contributed by atoms with Gasteiger partial charge in [-0.2, -0.15) is 0 Å². The van der Waals surface area contributed by atoms with Crippen molar-refractivity contribution in [3.8, 4) is 0 Å². The van der Waals surface area contributed by atoms with Gasteiger partial charge in [-0.05, 0) is 38.8 Å². The van der Waals surface area contributed by atoms with Gasteiger partial charge >= 0.3 is 0 Å². The molecule has 18 heavy (non-hydrogen) atoms. The number of nitrogens with zero attached hydrogens (tertiary/aromatic N) is 1. The van der Waals surface area contributed by atoms with E-state index in [2.05, 4.69) is 43.1 Å². The summed E-state index contributed by atoms with van der Waals surface area (Å²) in [7, 11) is 2.18. The van der Waals surface area contributed by atoms with Crippen LogP contribution in [0.15, 0.2) is 30.3 Å². The quantitative estimate of drug-likeness (QED) is 0.699. The highest BCUT2D eigenvalue weighted by Crippen LogP contribution is 2.14. The highest BCUT2D eigenvalue weighted by molar-refractivity contribution is 5.75. The molecule has 0 heterocycles. The van der Waals surface area contributed by atoms with Crippen LogP contribution in [0.25, 0.3) is 0 Å². The van der Waals surface area contributed by atoms with Crippen molar-refractivity contribution in [3.63, 3.8) is 0 Å². The van der Waals surface area contributed by atoms with Crippen LogP contribution in [0.4, 0.5) is 0 Å². The Morgan fingerprint density at radius 1 is 1.28 bits per heavy atom. The SMILES string of the molecule is CCC(CCCC(C)=O)N(C)Cc1ccccc1. The molecule has 0 N–H and O–H groups in total. The summed E-state index contributed by atoms with van der Waals surface area (Å²) in [5, 5.41) is 0. The third-order valence-electron chi connectivity index (χ3n) is 3.44. The summed E-state index contributed by atoms with van der Waals surface area (Å²) in [6.07, 6.45) is 3.98. The minimum Gasteiger partial charge on any atom is -0.300 e. The molecule has 1 rings (SSSR count). The Hall–Kier alpha value is -1.15. The fourth-order valence-electron chi connectivity index (χ4n) is 2.32. The smallest absolute Gasteiger partial charge is 0.129 e. The molecule has 2 heteroatoms. The van der Waals surface area contributed by atoms with Gasteiger partial charge in [-0.1, -0.05) is 37.3 Å². The summed E-state index contributed by atoms with van der Waals surface area (Å²) >= 11 is 0. The number of Topliss-reactive ketones (excluding diaryl/α,β-unsaturated/α-hetero) is 1. The fraction of sp³-hybridized carbons (Fsp3) is 0.562. The van der Waals surface area contributed by atoms with Gasteiger partial charge in [0.05, 0.1) is 0 Å². The van der Waals surface area contributed by atoms with Crippen LogP contribution in [0.2, 0.25) is 0 Å². The molecule has 0 aromatic heterocycles. The Balaban J connectivity index is 2.41. The zero-order valence-corrected chi connectivity index (χ0v) is 11.9. The number of benzene rings is 1. The van der Waals surface area contributed by atoms with E-state index < -0.39 is 0 Å². The number of hydrogen-bond donors (Lipinski definition) is 0. The number of rotatable bonds is 8. The zero-order valence-electron chi connectivity index (χ0n) is 11.9. The maximum Gasteiger partial charge on any atom is 0.129 e. The van der Waals surface area contributed by atoms with Crippen LogP contribution in [0.1, 0.15) is 45.1 Å². The summed E-state index contributed by atoms with van der Waals surface area (Å²) in [6, 6.07) is 11.1. The lowest BCUT2D eigenvalue weighted by Crippen LogP contribution is -2.30. The molecule has 2 nitrogen and oxygen atoms in total. The van der Waals surface area contributed by atoms with Gasteiger partial charge in [0.25, 0.3) is 0 Å². The minimum absolute atomic E-state index is 0.301. The van der Waals surface area contributed by atoms with Crippen LogP contribution < -0.4 is 0 Å². The molecule has 0 bridgehead atoms. The molecule has 1 aromatic rings. The fourth-order valence-corrected chi connectivity index (χ4v) is 2.32. The summed E-state index contributed by atoms with van der Waals surface area (Å²) in [5.41, 5.74) is 1.35. The van der Waals surface area contributed by atoms with Crippen LogP contribution in [0.3, 0.4) is 0 Å². The van der Waals surface area contributed by atoms with Crippen molar-refractivity contribution in [3.05, 3.63) is 35.9 Å². The molecule has 1 atom stereocenters. The summed E-state index contributed by atoms with van der Waals surface area (Å²) in [4.78, 5) is 13.4. The lowest BCUT2D eigenvalue weighted by atomic mass is 10.0. The van der Waals surface area contributed by atoms with Crippen LogP contribution >= 0.6 is 0 Å². The van der Waals surface area contributed by atoms with E-state index in [1.165, 1.54) is 5.56 Å². The van der Waals surface area contributed by atoms with Gasteiger partial charge < -0.3 is 4.79 Å². The maximum atomic E-state index is 11.0. The van der Waals surface area contributed by atoms with E-state index in [-0.39, 0.29) is 0 Å². The summed E-state index contributed by atoms with van der Waals surface area (Å²) in [5.74, 6) is 0.301. The molecule has 0 spiro atoms. The largest absolute Gasteiger partial charge is 0.300 e. The molecule has 0 amide bonds. The van der Waals surface area contributed by atoms with Crippen LogP contribution in [-0.2, 0) is 11.3 Å². The highest BCUT2D eigenvalue weighted by Gasteiger charge is 2.12. The van der Waals surface area contributed by atoms with Gasteiger partial charge in [-0.3, -0.25) is 4.90 Å². The Bertz CT molecular complexity index is 347. The minimum atomic E-state index is 0.301. The molecule has 0 radical (unpaired) electrons. The predicted octanol–water partition coefficient (Wildman–Crippen LogP) is 3.66. The number of carbonyl (C=O) groups is 1. The molecule has 0 fully saturated rings. The van der Waals surface area contributed by atoms with Gasteiger partial charge in [0, 0.05) is 19.0 Å². The maximum absolute atomic E-state index is 11.0. The van der Waals surface area contributed by atoms with Crippen LogP contribution in [0.5, 0.6) is 0 Å². The van der Waals surface area contributed by atoms with E-state index in [1.54, 1.807) is 6.92 Å². The Morgan fingerprint density at radius 2 is 1.94 bits per heavy atom. The van der Waals surface area contributed by atoms with Crippen molar-refractivity contribution < 1.29 is 4.79 Å². The van der Waals surface area contributed by atoms with Gasteiger partial charge in [0.15, 0.2) is 0 Å². The molecule has 0 aliphatic carbocycles. The second-order valence-electron chi connectivity index (χ2n) is 5.06. The second-order valence-corrected chi connectivity index (χ2v) is 5.06. The van der Waals surface area contributed by atoms with Crippen molar-refractivity contribution in [1.29, 1.82) is 0 Å². The van der Waals surface area contributed by atoms with Gasteiger partial charge in [0.1, 0.15) is 5.78 Å². The average molecular weight is 247 g/mol. The number of hydrogen-bond acceptors (Lipinski definition) is 2. The molecule has 0 aliphatic rings. The van der Waals surface area contributed by atoms with Crippen molar-refractivity contribution in [2.45, 2.75) is 52.1 Å². The number of carbonyl (C=O) groups excluding carboxylic acids is 1. The molecule has 0 saturated carbocycles. The molecule has 0 aliphatic heterocycles. The first-order valence-corrected chi connectivity index (χ1v) is 6.87. The van der Waals surface area contributed by atoms with Crippen molar-refractivity contribution in [2.24, 2.45) is 0 Å². The molecular formula is C16H25NO. The van der Waals surface area contributed by atoms with E-state index >= 15 is 0 Å². The van der Waals surface area contributed by atoms with E-state index in [0.29, 0.717) is 11.8 Å². The normalized spacial score (nSPS) is 12.7. The lowest BCUT2D eigenvalue weighted by Gasteiger charge is -2.27. The highest BCUT2D eigenvalue weighted by atomic mass is 16.1. The van der Waals surface area contributed by atoms with Crippen LogP contribution in [-0.4, -0.2) is 23.8 Å². The number of ketones is 1. The topological polar surface area (TPSA) is 20.3 Å². The first-order valence-electron chi connectivity index (χ1n) is 6.87.